The molecular weight excluding hydrogens is 272 g/mol. The van der Waals surface area contributed by atoms with Crippen LogP contribution in [0.4, 0.5) is 0 Å². The first-order valence-electron chi connectivity index (χ1n) is 5.69. The van der Waals surface area contributed by atoms with E-state index in [1.807, 2.05) is 6.07 Å². The molecule has 0 unspecified atom stereocenters. The van der Waals surface area contributed by atoms with Gasteiger partial charge in [-0.1, -0.05) is 39.0 Å². The van der Waals surface area contributed by atoms with Crippen LogP contribution in [0.25, 0.3) is 0 Å². The highest BCUT2D eigenvalue weighted by Gasteiger charge is 1.97. The molecule has 1 aromatic rings. The molecular formula is C12H19BrOS. The molecule has 0 fully saturated rings. The Bertz CT molecular complexity index is 260. The highest BCUT2D eigenvalue weighted by molar-refractivity contribution is 9.10. The van der Waals surface area contributed by atoms with E-state index in [0.29, 0.717) is 0 Å². The topological polar surface area (TPSA) is 9.23 Å². The van der Waals surface area contributed by atoms with E-state index in [0.717, 1.165) is 16.1 Å². The molecule has 0 atom stereocenters. The van der Waals surface area contributed by atoms with Crippen molar-refractivity contribution in [3.8, 4) is 5.06 Å². The molecule has 0 aromatic carbocycles. The minimum absolute atomic E-state index is 0.860. The fourth-order valence-corrected chi connectivity index (χ4v) is 2.71. The number of ether oxygens (including phenoxy) is 1. The number of unbranched alkanes of at least 4 members (excludes halogenated alkanes) is 5. The average Bonchev–Trinajstić information content (AvgIpc) is 2.63. The summed E-state index contributed by atoms with van der Waals surface area (Å²) in [6.45, 7) is 3.11. The average molecular weight is 291 g/mol. The molecule has 15 heavy (non-hydrogen) atoms. The van der Waals surface area contributed by atoms with Gasteiger partial charge in [-0.05, 0) is 22.4 Å². The zero-order chi connectivity index (χ0) is 10.9. The standard InChI is InChI=1S/C12H19BrOS/c1-2-3-4-5-6-7-8-14-12-9-11(13)10-15-12/h9-10H,2-8H2,1H3. The lowest BCUT2D eigenvalue weighted by atomic mass is 10.1. The first kappa shape index (κ1) is 13.0. The number of hydrogen-bond donors (Lipinski definition) is 0. The largest absolute Gasteiger partial charge is 0.484 e. The second-order valence-electron chi connectivity index (χ2n) is 3.70. The number of hydrogen-bond acceptors (Lipinski definition) is 2. The third-order valence-electron chi connectivity index (χ3n) is 2.29. The van der Waals surface area contributed by atoms with Crippen LogP contribution in [0.2, 0.25) is 0 Å². The van der Waals surface area contributed by atoms with Crippen molar-refractivity contribution in [3.63, 3.8) is 0 Å². The summed E-state index contributed by atoms with van der Waals surface area (Å²) in [5.74, 6) is 0. The minimum atomic E-state index is 0.860. The molecule has 1 heterocycles. The molecule has 0 aliphatic rings. The Morgan fingerprint density at radius 1 is 1.20 bits per heavy atom. The second-order valence-corrected chi connectivity index (χ2v) is 5.49. The fourth-order valence-electron chi connectivity index (χ4n) is 1.43. The number of halogens is 1. The van der Waals surface area contributed by atoms with Gasteiger partial charge in [0.15, 0.2) is 5.06 Å². The molecule has 0 aliphatic heterocycles. The van der Waals surface area contributed by atoms with Gasteiger partial charge in [-0.25, -0.2) is 0 Å². The number of thiophene rings is 1. The SMILES string of the molecule is CCCCCCCCOc1cc(Br)cs1. The van der Waals surface area contributed by atoms with Gasteiger partial charge in [-0.3, -0.25) is 0 Å². The van der Waals surface area contributed by atoms with E-state index in [1.165, 1.54) is 38.5 Å². The molecule has 1 rings (SSSR count). The highest BCUT2D eigenvalue weighted by Crippen LogP contribution is 2.26. The summed E-state index contributed by atoms with van der Waals surface area (Å²) >= 11 is 5.07. The molecule has 86 valence electrons. The van der Waals surface area contributed by atoms with Gasteiger partial charge in [0.1, 0.15) is 0 Å². The molecule has 0 aliphatic carbocycles. The van der Waals surface area contributed by atoms with Crippen molar-refractivity contribution in [2.45, 2.75) is 45.4 Å². The molecule has 0 saturated carbocycles. The zero-order valence-corrected chi connectivity index (χ0v) is 11.7. The Kier molecular flexibility index (Phi) is 7.11. The van der Waals surface area contributed by atoms with Crippen LogP contribution in [0.15, 0.2) is 15.9 Å². The Labute approximate surface area is 105 Å². The van der Waals surface area contributed by atoms with Gasteiger partial charge in [-0.2, -0.15) is 0 Å². The lowest BCUT2D eigenvalue weighted by Crippen LogP contribution is -1.95. The molecule has 1 aromatic heterocycles. The van der Waals surface area contributed by atoms with Crippen LogP contribution in [0.1, 0.15) is 45.4 Å². The smallest absolute Gasteiger partial charge is 0.174 e. The minimum Gasteiger partial charge on any atom is -0.484 e. The van der Waals surface area contributed by atoms with E-state index in [4.69, 9.17) is 4.74 Å². The fraction of sp³-hybridized carbons (Fsp3) is 0.667. The van der Waals surface area contributed by atoms with Gasteiger partial charge >= 0.3 is 0 Å². The molecule has 0 spiro atoms. The van der Waals surface area contributed by atoms with Crippen molar-refractivity contribution >= 4 is 27.3 Å². The van der Waals surface area contributed by atoms with Crippen molar-refractivity contribution in [1.29, 1.82) is 0 Å². The van der Waals surface area contributed by atoms with Crippen molar-refractivity contribution in [3.05, 3.63) is 15.9 Å². The summed E-state index contributed by atoms with van der Waals surface area (Å²) < 4.78 is 6.74. The Morgan fingerprint density at radius 3 is 2.60 bits per heavy atom. The van der Waals surface area contributed by atoms with E-state index in [9.17, 15) is 0 Å². The maximum Gasteiger partial charge on any atom is 0.174 e. The number of rotatable bonds is 8. The molecule has 1 nitrogen and oxygen atoms in total. The summed E-state index contributed by atoms with van der Waals surface area (Å²) in [7, 11) is 0. The zero-order valence-electron chi connectivity index (χ0n) is 9.30. The summed E-state index contributed by atoms with van der Waals surface area (Å²) in [5.41, 5.74) is 0. The Hall–Kier alpha value is -0.0200. The molecule has 0 bridgehead atoms. The van der Waals surface area contributed by atoms with Crippen LogP contribution in [-0.4, -0.2) is 6.61 Å². The van der Waals surface area contributed by atoms with E-state index in [1.54, 1.807) is 11.3 Å². The second kappa shape index (κ2) is 8.17. The predicted octanol–water partition coefficient (Wildman–Crippen LogP) is 5.25. The van der Waals surface area contributed by atoms with Crippen LogP contribution >= 0.6 is 27.3 Å². The third kappa shape index (κ3) is 6.21. The quantitative estimate of drug-likeness (QED) is 0.594. The monoisotopic (exact) mass is 290 g/mol. The molecule has 3 heteroatoms. The van der Waals surface area contributed by atoms with Crippen LogP contribution in [0.5, 0.6) is 5.06 Å². The van der Waals surface area contributed by atoms with Gasteiger partial charge in [0, 0.05) is 15.9 Å². The summed E-state index contributed by atoms with van der Waals surface area (Å²) in [6, 6.07) is 2.03. The molecule has 0 radical (unpaired) electrons. The van der Waals surface area contributed by atoms with Crippen molar-refractivity contribution in [2.24, 2.45) is 0 Å². The first-order valence-corrected chi connectivity index (χ1v) is 7.37. The van der Waals surface area contributed by atoms with Crippen molar-refractivity contribution < 1.29 is 4.74 Å². The maximum absolute atomic E-state index is 5.62. The first-order chi connectivity index (χ1) is 7.33. The normalized spacial score (nSPS) is 10.5. The lowest BCUT2D eigenvalue weighted by molar-refractivity contribution is 0.313. The molecule has 0 amide bonds. The lowest BCUT2D eigenvalue weighted by Gasteiger charge is -2.02. The van der Waals surface area contributed by atoms with Gasteiger partial charge in [-0.15, -0.1) is 11.3 Å². The highest BCUT2D eigenvalue weighted by atomic mass is 79.9. The van der Waals surface area contributed by atoms with Crippen LogP contribution in [0.3, 0.4) is 0 Å². The van der Waals surface area contributed by atoms with E-state index >= 15 is 0 Å². The van der Waals surface area contributed by atoms with Crippen LogP contribution in [-0.2, 0) is 0 Å². The Morgan fingerprint density at radius 2 is 1.93 bits per heavy atom. The molecule has 0 saturated heterocycles. The maximum atomic E-state index is 5.62. The van der Waals surface area contributed by atoms with Crippen LogP contribution < -0.4 is 4.74 Å². The van der Waals surface area contributed by atoms with E-state index in [2.05, 4.69) is 28.2 Å². The predicted molar refractivity (Wildman–Crippen MR) is 70.9 cm³/mol. The van der Waals surface area contributed by atoms with Gasteiger partial charge in [0.25, 0.3) is 0 Å². The van der Waals surface area contributed by atoms with Crippen LogP contribution in [0, 0.1) is 0 Å². The van der Waals surface area contributed by atoms with Crippen molar-refractivity contribution in [2.75, 3.05) is 6.61 Å². The van der Waals surface area contributed by atoms with Crippen molar-refractivity contribution in [1.82, 2.24) is 0 Å². The summed E-state index contributed by atoms with van der Waals surface area (Å²) in [6.07, 6.45) is 7.90. The van der Waals surface area contributed by atoms with Gasteiger partial charge in [0.05, 0.1) is 6.61 Å². The molecule has 0 N–H and O–H groups in total. The third-order valence-corrected chi connectivity index (χ3v) is 3.89. The summed E-state index contributed by atoms with van der Waals surface area (Å²) in [4.78, 5) is 0. The van der Waals surface area contributed by atoms with Gasteiger partial charge in [0.2, 0.25) is 0 Å². The summed E-state index contributed by atoms with van der Waals surface area (Å²) in [5, 5.41) is 3.08. The van der Waals surface area contributed by atoms with Gasteiger partial charge < -0.3 is 4.74 Å². The van der Waals surface area contributed by atoms with E-state index < -0.39 is 0 Å². The Balaban J connectivity index is 1.93. The van der Waals surface area contributed by atoms with E-state index in [-0.39, 0.29) is 0 Å².